The predicted molar refractivity (Wildman–Crippen MR) is 116 cm³/mol. The Morgan fingerprint density at radius 3 is 2.43 bits per heavy atom. The van der Waals surface area contributed by atoms with Crippen molar-refractivity contribution in [3.05, 3.63) is 89.7 Å². The molecule has 150 valence electrons. The Morgan fingerprint density at radius 2 is 1.73 bits per heavy atom. The van der Waals surface area contributed by atoms with Crippen LogP contribution < -0.4 is 11.1 Å². The van der Waals surface area contributed by atoms with Gasteiger partial charge in [0.05, 0.1) is 17.3 Å². The first-order chi connectivity index (χ1) is 14.6. The molecule has 4 rings (SSSR count). The Bertz CT molecular complexity index is 1170. The number of nitrogens with one attached hydrogen (secondary N) is 3. The standard InChI is InChI=1S/C22H21N7O/c23-22(24)29(13-15-4-2-1-3-5-15)14-16-6-8-17(9-7-16)21(30)27-19-10-11-25-20-18(19)12-26-28-20/h1-12H,13-14H2,(H3,23,24)(H2,25,26,27,28,30). The van der Waals surface area contributed by atoms with Gasteiger partial charge >= 0.3 is 0 Å². The lowest BCUT2D eigenvalue weighted by molar-refractivity contribution is 0.102. The average molecular weight is 399 g/mol. The third kappa shape index (κ3) is 4.27. The highest BCUT2D eigenvalue weighted by atomic mass is 16.1. The third-order valence-electron chi connectivity index (χ3n) is 4.75. The van der Waals surface area contributed by atoms with Crippen LogP contribution in [0.2, 0.25) is 0 Å². The van der Waals surface area contributed by atoms with Crippen LogP contribution in [0.25, 0.3) is 11.0 Å². The number of nitrogens with two attached hydrogens (primary N) is 1. The van der Waals surface area contributed by atoms with E-state index in [0.717, 1.165) is 16.5 Å². The molecule has 0 bridgehead atoms. The van der Waals surface area contributed by atoms with E-state index < -0.39 is 0 Å². The van der Waals surface area contributed by atoms with E-state index in [2.05, 4.69) is 20.5 Å². The maximum atomic E-state index is 12.6. The van der Waals surface area contributed by atoms with Crippen LogP contribution in [-0.2, 0) is 13.1 Å². The molecule has 0 saturated heterocycles. The molecule has 2 aromatic carbocycles. The normalized spacial score (nSPS) is 10.7. The van der Waals surface area contributed by atoms with Crippen LogP contribution in [0.3, 0.4) is 0 Å². The molecule has 0 aliphatic rings. The van der Waals surface area contributed by atoms with E-state index in [1.807, 2.05) is 42.5 Å². The maximum absolute atomic E-state index is 12.6. The van der Waals surface area contributed by atoms with Crippen molar-refractivity contribution < 1.29 is 4.79 Å². The zero-order valence-electron chi connectivity index (χ0n) is 16.2. The number of guanidine groups is 1. The number of hydrogen-bond acceptors (Lipinski definition) is 4. The summed E-state index contributed by atoms with van der Waals surface area (Å²) in [5.74, 6) is -0.217. The van der Waals surface area contributed by atoms with Gasteiger partial charge in [0.25, 0.3) is 5.91 Å². The third-order valence-corrected chi connectivity index (χ3v) is 4.75. The molecule has 2 heterocycles. The molecule has 1 amide bonds. The number of fused-ring (bicyclic) bond motifs is 1. The fraction of sp³-hybridized carbons (Fsp3) is 0.0909. The Morgan fingerprint density at radius 1 is 1.03 bits per heavy atom. The zero-order chi connectivity index (χ0) is 20.9. The highest BCUT2D eigenvalue weighted by Crippen LogP contribution is 2.20. The van der Waals surface area contributed by atoms with Crippen molar-refractivity contribution in [3.8, 4) is 0 Å². The summed E-state index contributed by atoms with van der Waals surface area (Å²) in [4.78, 5) is 18.6. The molecule has 0 aliphatic heterocycles. The zero-order valence-corrected chi connectivity index (χ0v) is 16.2. The molecular weight excluding hydrogens is 378 g/mol. The van der Waals surface area contributed by atoms with Crippen LogP contribution in [0, 0.1) is 5.41 Å². The van der Waals surface area contributed by atoms with Crippen molar-refractivity contribution in [1.29, 1.82) is 5.41 Å². The molecule has 8 heteroatoms. The number of rotatable bonds is 6. The molecule has 0 spiro atoms. The maximum Gasteiger partial charge on any atom is 0.255 e. The van der Waals surface area contributed by atoms with Gasteiger partial charge in [0, 0.05) is 24.8 Å². The topological polar surface area (TPSA) is 124 Å². The van der Waals surface area contributed by atoms with Crippen molar-refractivity contribution in [2.75, 3.05) is 5.32 Å². The van der Waals surface area contributed by atoms with E-state index in [1.165, 1.54) is 0 Å². The molecule has 8 nitrogen and oxygen atoms in total. The molecule has 0 atom stereocenters. The summed E-state index contributed by atoms with van der Waals surface area (Å²) in [7, 11) is 0. The predicted octanol–water partition coefficient (Wildman–Crippen LogP) is 3.11. The second kappa shape index (κ2) is 8.44. The van der Waals surface area contributed by atoms with Gasteiger partial charge in [0.2, 0.25) is 0 Å². The highest BCUT2D eigenvalue weighted by Gasteiger charge is 2.12. The van der Waals surface area contributed by atoms with Crippen LogP contribution in [-0.4, -0.2) is 31.9 Å². The minimum atomic E-state index is -0.219. The molecule has 0 aliphatic carbocycles. The van der Waals surface area contributed by atoms with Gasteiger partial charge in [-0.1, -0.05) is 42.5 Å². The molecule has 0 radical (unpaired) electrons. The van der Waals surface area contributed by atoms with Gasteiger partial charge in [0.1, 0.15) is 0 Å². The summed E-state index contributed by atoms with van der Waals surface area (Å²) in [6.45, 7) is 1.02. The van der Waals surface area contributed by atoms with Gasteiger partial charge in [-0.3, -0.25) is 15.3 Å². The number of aromatic nitrogens is 3. The first-order valence-corrected chi connectivity index (χ1v) is 9.41. The number of anilines is 1. The summed E-state index contributed by atoms with van der Waals surface area (Å²) in [5, 5.41) is 18.2. The van der Waals surface area contributed by atoms with Gasteiger partial charge in [-0.15, -0.1) is 0 Å². The second-order valence-electron chi connectivity index (χ2n) is 6.87. The smallest absolute Gasteiger partial charge is 0.255 e. The lowest BCUT2D eigenvalue weighted by Gasteiger charge is -2.23. The summed E-state index contributed by atoms with van der Waals surface area (Å²) in [6, 6.07) is 18.9. The number of aromatic amines is 1. The van der Waals surface area contributed by atoms with Gasteiger partial charge in [-0.25, -0.2) is 4.98 Å². The quantitative estimate of drug-likeness (QED) is 0.293. The van der Waals surface area contributed by atoms with E-state index in [4.69, 9.17) is 11.1 Å². The number of carbonyl (C=O) groups excluding carboxylic acids is 1. The highest BCUT2D eigenvalue weighted by molar-refractivity contribution is 6.08. The van der Waals surface area contributed by atoms with Crippen LogP contribution >= 0.6 is 0 Å². The monoisotopic (exact) mass is 399 g/mol. The Labute approximate surface area is 173 Å². The van der Waals surface area contributed by atoms with Gasteiger partial charge < -0.3 is 16.0 Å². The van der Waals surface area contributed by atoms with E-state index in [1.54, 1.807) is 35.5 Å². The van der Waals surface area contributed by atoms with Gasteiger partial charge in [-0.2, -0.15) is 5.10 Å². The molecule has 4 aromatic rings. The van der Waals surface area contributed by atoms with Crippen molar-refractivity contribution in [2.24, 2.45) is 5.73 Å². The lowest BCUT2D eigenvalue weighted by Crippen LogP contribution is -2.35. The Hall–Kier alpha value is -4.20. The fourth-order valence-corrected chi connectivity index (χ4v) is 3.17. The van der Waals surface area contributed by atoms with E-state index in [0.29, 0.717) is 30.0 Å². The molecule has 0 unspecified atom stereocenters. The molecule has 30 heavy (non-hydrogen) atoms. The Kier molecular flexibility index (Phi) is 5.38. The van der Waals surface area contributed by atoms with Crippen molar-refractivity contribution in [3.63, 3.8) is 0 Å². The number of benzene rings is 2. The number of pyridine rings is 1. The van der Waals surface area contributed by atoms with Crippen molar-refractivity contribution in [1.82, 2.24) is 20.1 Å². The van der Waals surface area contributed by atoms with Crippen molar-refractivity contribution in [2.45, 2.75) is 13.1 Å². The second-order valence-corrected chi connectivity index (χ2v) is 6.87. The number of amides is 1. The fourth-order valence-electron chi connectivity index (χ4n) is 3.17. The van der Waals surface area contributed by atoms with E-state index >= 15 is 0 Å². The summed E-state index contributed by atoms with van der Waals surface area (Å²) < 4.78 is 0. The van der Waals surface area contributed by atoms with Gasteiger partial charge in [0.15, 0.2) is 11.6 Å². The first-order valence-electron chi connectivity index (χ1n) is 9.41. The average Bonchev–Trinajstić information content (AvgIpc) is 3.24. The van der Waals surface area contributed by atoms with Crippen LogP contribution in [0.1, 0.15) is 21.5 Å². The molecule has 5 N–H and O–H groups in total. The number of nitrogens with zero attached hydrogens (tertiary/aromatic N) is 3. The van der Waals surface area contributed by atoms with Gasteiger partial charge in [-0.05, 0) is 29.3 Å². The number of carbonyl (C=O) groups is 1. The largest absolute Gasteiger partial charge is 0.370 e. The molecule has 2 aromatic heterocycles. The molecular formula is C22H21N7O. The van der Waals surface area contributed by atoms with Crippen molar-refractivity contribution >= 4 is 28.6 Å². The van der Waals surface area contributed by atoms with Crippen LogP contribution in [0.4, 0.5) is 5.69 Å². The number of hydrogen-bond donors (Lipinski definition) is 4. The lowest BCUT2D eigenvalue weighted by atomic mass is 10.1. The van der Waals surface area contributed by atoms with Crippen LogP contribution in [0.15, 0.2) is 73.1 Å². The minimum Gasteiger partial charge on any atom is -0.370 e. The van der Waals surface area contributed by atoms with E-state index in [9.17, 15) is 4.79 Å². The Balaban J connectivity index is 1.44. The molecule has 0 saturated carbocycles. The SMILES string of the molecule is N=C(N)N(Cc1ccccc1)Cc1ccc(C(=O)Nc2ccnc3[nH]ncc23)cc1. The minimum absolute atomic E-state index is 0.00230. The van der Waals surface area contributed by atoms with Crippen LogP contribution in [0.5, 0.6) is 0 Å². The summed E-state index contributed by atoms with van der Waals surface area (Å²) in [5.41, 5.74) is 9.59. The summed E-state index contributed by atoms with van der Waals surface area (Å²) >= 11 is 0. The molecule has 0 fully saturated rings. The van der Waals surface area contributed by atoms with E-state index in [-0.39, 0.29) is 11.9 Å². The first kappa shape index (κ1) is 19.1. The number of H-pyrrole nitrogens is 1. The summed E-state index contributed by atoms with van der Waals surface area (Å²) in [6.07, 6.45) is 3.24.